The van der Waals surface area contributed by atoms with Crippen molar-refractivity contribution in [2.24, 2.45) is 0 Å². The smallest absolute Gasteiger partial charge is 0.410 e. The Morgan fingerprint density at radius 2 is 1.32 bits per heavy atom. The Hall–Kier alpha value is -3.02. The van der Waals surface area contributed by atoms with E-state index in [-0.39, 0.29) is 12.0 Å². The Morgan fingerprint density at radius 3 is 1.96 bits per heavy atom. The molecule has 0 aliphatic carbocycles. The van der Waals surface area contributed by atoms with E-state index in [1.807, 2.05) is 42.5 Å². The maximum atomic E-state index is 12.8. The van der Waals surface area contributed by atoms with Crippen LogP contribution in [0, 0.1) is 0 Å². The molecule has 28 heavy (non-hydrogen) atoms. The first-order valence-electron chi connectivity index (χ1n) is 9.87. The number of hydrogen-bond donors (Lipinski definition) is 0. The summed E-state index contributed by atoms with van der Waals surface area (Å²) in [6, 6.07) is 16.9. The fourth-order valence-electron chi connectivity index (χ4n) is 3.72. The molecule has 2 aromatic rings. The number of para-hydroxylation sites is 1. The van der Waals surface area contributed by atoms with Crippen molar-refractivity contribution in [2.75, 3.05) is 44.2 Å². The van der Waals surface area contributed by atoms with Crippen molar-refractivity contribution < 1.29 is 14.3 Å². The molecule has 6 nitrogen and oxygen atoms in total. The molecule has 2 aliphatic heterocycles. The SMILES string of the molecule is O=C(Oc1ccccc1)N1CCN(C(=O)c2ccc(N3CCCC3)cc2)CC1. The Morgan fingerprint density at radius 1 is 0.714 bits per heavy atom. The van der Waals surface area contributed by atoms with Crippen molar-refractivity contribution in [1.82, 2.24) is 9.80 Å². The van der Waals surface area contributed by atoms with E-state index < -0.39 is 0 Å². The minimum Gasteiger partial charge on any atom is -0.410 e. The predicted molar refractivity (Wildman–Crippen MR) is 108 cm³/mol. The Bertz CT molecular complexity index is 809. The molecule has 0 aromatic heterocycles. The van der Waals surface area contributed by atoms with Gasteiger partial charge >= 0.3 is 6.09 Å². The van der Waals surface area contributed by atoms with Gasteiger partial charge in [0.05, 0.1) is 0 Å². The second kappa shape index (κ2) is 8.33. The summed E-state index contributed by atoms with van der Waals surface area (Å²) in [5.41, 5.74) is 1.88. The largest absolute Gasteiger partial charge is 0.415 e. The number of anilines is 1. The number of amides is 2. The molecule has 2 saturated heterocycles. The van der Waals surface area contributed by atoms with Crippen LogP contribution in [0.5, 0.6) is 5.75 Å². The zero-order valence-electron chi connectivity index (χ0n) is 15.9. The van der Waals surface area contributed by atoms with Crippen LogP contribution in [0.25, 0.3) is 0 Å². The maximum Gasteiger partial charge on any atom is 0.415 e. The molecule has 2 aliphatic rings. The number of carbonyl (C=O) groups excluding carboxylic acids is 2. The number of benzene rings is 2. The van der Waals surface area contributed by atoms with Crippen molar-refractivity contribution >= 4 is 17.7 Å². The summed E-state index contributed by atoms with van der Waals surface area (Å²) in [5.74, 6) is 0.549. The molecule has 0 unspecified atom stereocenters. The molecule has 2 amide bonds. The lowest BCUT2D eigenvalue weighted by molar-refractivity contribution is 0.0633. The lowest BCUT2D eigenvalue weighted by Gasteiger charge is -2.34. The molecule has 0 N–H and O–H groups in total. The summed E-state index contributed by atoms with van der Waals surface area (Å²) in [4.78, 5) is 30.9. The summed E-state index contributed by atoms with van der Waals surface area (Å²) in [6.07, 6.45) is 2.10. The molecule has 6 heteroatoms. The summed E-state index contributed by atoms with van der Waals surface area (Å²) < 4.78 is 5.37. The van der Waals surface area contributed by atoms with E-state index in [1.165, 1.54) is 18.5 Å². The van der Waals surface area contributed by atoms with Crippen molar-refractivity contribution in [3.8, 4) is 5.75 Å². The van der Waals surface area contributed by atoms with Crippen LogP contribution < -0.4 is 9.64 Å². The maximum absolute atomic E-state index is 12.8. The Labute approximate surface area is 165 Å². The summed E-state index contributed by atoms with van der Waals surface area (Å²) >= 11 is 0. The van der Waals surface area contributed by atoms with Gasteiger partial charge in [0.25, 0.3) is 5.91 Å². The molecule has 4 rings (SSSR count). The Kier molecular flexibility index (Phi) is 5.46. The molecule has 2 heterocycles. The van der Waals surface area contributed by atoms with E-state index in [9.17, 15) is 9.59 Å². The van der Waals surface area contributed by atoms with Crippen LogP contribution in [0.2, 0.25) is 0 Å². The number of carbonyl (C=O) groups is 2. The third-order valence-corrected chi connectivity index (χ3v) is 5.36. The third kappa shape index (κ3) is 4.11. The van der Waals surface area contributed by atoms with E-state index in [1.54, 1.807) is 21.9 Å². The van der Waals surface area contributed by atoms with Gasteiger partial charge in [-0.2, -0.15) is 0 Å². The van der Waals surface area contributed by atoms with Crippen LogP contribution >= 0.6 is 0 Å². The van der Waals surface area contributed by atoms with Gasteiger partial charge in [-0.3, -0.25) is 4.79 Å². The summed E-state index contributed by atoms with van der Waals surface area (Å²) in [6.45, 7) is 4.16. The van der Waals surface area contributed by atoms with Crippen LogP contribution in [0.1, 0.15) is 23.2 Å². The molecule has 0 radical (unpaired) electrons. The van der Waals surface area contributed by atoms with Gasteiger partial charge in [-0.1, -0.05) is 18.2 Å². The second-order valence-electron chi connectivity index (χ2n) is 7.20. The van der Waals surface area contributed by atoms with E-state index >= 15 is 0 Å². The molecule has 2 fully saturated rings. The molecule has 0 spiro atoms. The molecule has 2 aromatic carbocycles. The van der Waals surface area contributed by atoms with Crippen LogP contribution in [0.3, 0.4) is 0 Å². The standard InChI is InChI=1S/C22H25N3O3/c26-21(18-8-10-19(11-9-18)23-12-4-5-13-23)24-14-16-25(17-15-24)22(27)28-20-6-2-1-3-7-20/h1-3,6-11H,4-5,12-17H2. The summed E-state index contributed by atoms with van der Waals surface area (Å²) in [7, 11) is 0. The number of rotatable bonds is 3. The van der Waals surface area contributed by atoms with Crippen molar-refractivity contribution in [3.63, 3.8) is 0 Å². The topological polar surface area (TPSA) is 53.1 Å². The average molecular weight is 379 g/mol. The molecule has 0 atom stereocenters. The average Bonchev–Trinajstić information content (AvgIpc) is 3.29. The van der Waals surface area contributed by atoms with Crippen LogP contribution in [-0.2, 0) is 0 Å². The minimum absolute atomic E-state index is 0.0176. The van der Waals surface area contributed by atoms with Gasteiger partial charge in [0.1, 0.15) is 5.75 Å². The normalized spacial score (nSPS) is 16.9. The molecule has 146 valence electrons. The first-order valence-corrected chi connectivity index (χ1v) is 9.87. The van der Waals surface area contributed by atoms with Crippen molar-refractivity contribution in [1.29, 1.82) is 0 Å². The molecule has 0 bridgehead atoms. The zero-order chi connectivity index (χ0) is 19.3. The van der Waals surface area contributed by atoms with Gasteiger partial charge < -0.3 is 19.4 Å². The highest BCUT2D eigenvalue weighted by atomic mass is 16.6. The van der Waals surface area contributed by atoms with E-state index in [0.717, 1.165) is 13.1 Å². The van der Waals surface area contributed by atoms with E-state index in [2.05, 4.69) is 4.90 Å². The number of nitrogens with zero attached hydrogens (tertiary/aromatic N) is 3. The van der Waals surface area contributed by atoms with Gasteiger partial charge in [0.15, 0.2) is 0 Å². The number of ether oxygens (including phenoxy) is 1. The zero-order valence-corrected chi connectivity index (χ0v) is 15.9. The fourth-order valence-corrected chi connectivity index (χ4v) is 3.72. The van der Waals surface area contributed by atoms with E-state index in [4.69, 9.17) is 4.74 Å². The van der Waals surface area contributed by atoms with Gasteiger partial charge in [-0.25, -0.2) is 4.79 Å². The highest BCUT2D eigenvalue weighted by Gasteiger charge is 2.26. The molecular formula is C22H25N3O3. The highest BCUT2D eigenvalue weighted by molar-refractivity contribution is 5.94. The fraction of sp³-hybridized carbons (Fsp3) is 0.364. The van der Waals surface area contributed by atoms with E-state index in [0.29, 0.717) is 37.5 Å². The van der Waals surface area contributed by atoms with Gasteiger partial charge in [0.2, 0.25) is 0 Å². The van der Waals surface area contributed by atoms with Crippen LogP contribution in [0.15, 0.2) is 54.6 Å². The molecule has 0 saturated carbocycles. The highest BCUT2D eigenvalue weighted by Crippen LogP contribution is 2.21. The lowest BCUT2D eigenvalue weighted by atomic mass is 10.1. The van der Waals surface area contributed by atoms with Gasteiger partial charge in [-0.15, -0.1) is 0 Å². The summed E-state index contributed by atoms with van der Waals surface area (Å²) in [5, 5.41) is 0. The second-order valence-corrected chi connectivity index (χ2v) is 7.20. The van der Waals surface area contributed by atoms with Crippen molar-refractivity contribution in [3.05, 3.63) is 60.2 Å². The monoisotopic (exact) mass is 379 g/mol. The first-order chi connectivity index (χ1) is 13.7. The predicted octanol–water partition coefficient (Wildman–Crippen LogP) is 3.24. The van der Waals surface area contributed by atoms with Gasteiger partial charge in [-0.05, 0) is 49.2 Å². The van der Waals surface area contributed by atoms with Crippen LogP contribution in [-0.4, -0.2) is 61.1 Å². The third-order valence-electron chi connectivity index (χ3n) is 5.36. The first kappa shape index (κ1) is 18.3. The van der Waals surface area contributed by atoms with Crippen molar-refractivity contribution in [2.45, 2.75) is 12.8 Å². The molecular weight excluding hydrogens is 354 g/mol. The Balaban J connectivity index is 1.30. The number of hydrogen-bond acceptors (Lipinski definition) is 4. The quantitative estimate of drug-likeness (QED) is 0.822. The number of piperazine rings is 1. The minimum atomic E-state index is -0.367. The lowest BCUT2D eigenvalue weighted by Crippen LogP contribution is -2.51. The van der Waals surface area contributed by atoms with Crippen LogP contribution in [0.4, 0.5) is 10.5 Å². The van der Waals surface area contributed by atoms with Gasteiger partial charge in [0, 0.05) is 50.5 Å².